The number of anilines is 1. The minimum absolute atomic E-state index is 0.487. The van der Waals surface area contributed by atoms with Gasteiger partial charge in [-0.3, -0.25) is 0 Å². The third-order valence-corrected chi connectivity index (χ3v) is 2.91. The van der Waals surface area contributed by atoms with Crippen molar-refractivity contribution < 1.29 is 0 Å². The van der Waals surface area contributed by atoms with Crippen LogP contribution in [-0.2, 0) is 6.54 Å². The van der Waals surface area contributed by atoms with Crippen molar-refractivity contribution in [1.29, 1.82) is 0 Å². The van der Waals surface area contributed by atoms with E-state index in [9.17, 15) is 0 Å². The summed E-state index contributed by atoms with van der Waals surface area (Å²) in [6.07, 6.45) is 0. The van der Waals surface area contributed by atoms with Gasteiger partial charge in [-0.15, -0.1) is 0 Å². The molecule has 1 rings (SSSR count). The van der Waals surface area contributed by atoms with E-state index in [-0.39, 0.29) is 0 Å². The zero-order valence-corrected chi connectivity index (χ0v) is 12.4. The molecule has 3 nitrogen and oxygen atoms in total. The van der Waals surface area contributed by atoms with Gasteiger partial charge >= 0.3 is 0 Å². The molecule has 0 aliphatic rings. The lowest BCUT2D eigenvalue weighted by molar-refractivity contribution is 0.547. The summed E-state index contributed by atoms with van der Waals surface area (Å²) in [5.74, 6) is 1.76. The van der Waals surface area contributed by atoms with Gasteiger partial charge in [0.25, 0.3) is 0 Å². The molecule has 0 aliphatic heterocycles. The first kappa shape index (κ1) is 15.0. The lowest BCUT2D eigenvalue weighted by atomic mass is 10.2. The molecule has 0 aromatic carbocycles. The molecule has 0 fully saturated rings. The summed E-state index contributed by atoms with van der Waals surface area (Å²) in [7, 11) is 0. The van der Waals surface area contributed by atoms with Crippen LogP contribution in [0.2, 0.25) is 0 Å². The Labute approximate surface area is 112 Å². The lowest BCUT2D eigenvalue weighted by Crippen LogP contribution is -2.31. The van der Waals surface area contributed by atoms with Crippen LogP contribution in [0.15, 0.2) is 18.2 Å². The molecule has 0 bridgehead atoms. The molecule has 0 saturated heterocycles. The van der Waals surface area contributed by atoms with Crippen molar-refractivity contribution in [1.82, 2.24) is 10.3 Å². The van der Waals surface area contributed by atoms with E-state index >= 15 is 0 Å². The average Bonchev–Trinajstić information content (AvgIpc) is 2.29. The van der Waals surface area contributed by atoms with Crippen LogP contribution in [0.4, 0.5) is 5.82 Å². The standard InChI is InChI=1S/C15H27N3/c1-6-18(13(4)5)15-9-7-8-14(17-15)11-16-10-12(2)3/h7-9,12-13,16H,6,10-11H2,1-5H3. The van der Waals surface area contributed by atoms with Crippen LogP contribution in [-0.4, -0.2) is 24.1 Å². The van der Waals surface area contributed by atoms with Gasteiger partial charge in [-0.25, -0.2) is 4.98 Å². The number of pyridine rings is 1. The normalized spacial score (nSPS) is 11.3. The van der Waals surface area contributed by atoms with Crippen molar-refractivity contribution in [3.63, 3.8) is 0 Å². The highest BCUT2D eigenvalue weighted by Crippen LogP contribution is 2.14. The van der Waals surface area contributed by atoms with E-state index in [1.807, 2.05) is 0 Å². The summed E-state index contributed by atoms with van der Waals surface area (Å²) < 4.78 is 0. The highest BCUT2D eigenvalue weighted by atomic mass is 15.2. The Morgan fingerprint density at radius 3 is 2.50 bits per heavy atom. The van der Waals surface area contributed by atoms with Crippen LogP contribution in [0.5, 0.6) is 0 Å². The third kappa shape index (κ3) is 4.65. The predicted molar refractivity (Wildman–Crippen MR) is 78.9 cm³/mol. The SMILES string of the molecule is CCN(c1cccc(CNCC(C)C)n1)C(C)C. The second-order valence-electron chi connectivity index (χ2n) is 5.39. The molecule has 0 spiro atoms. The van der Waals surface area contributed by atoms with Gasteiger partial charge in [0, 0.05) is 19.1 Å². The summed E-state index contributed by atoms with van der Waals surface area (Å²) in [6.45, 7) is 13.9. The third-order valence-electron chi connectivity index (χ3n) is 2.91. The van der Waals surface area contributed by atoms with E-state index in [1.54, 1.807) is 0 Å². The maximum atomic E-state index is 4.73. The molecule has 0 amide bonds. The highest BCUT2D eigenvalue weighted by molar-refractivity contribution is 5.40. The monoisotopic (exact) mass is 249 g/mol. The van der Waals surface area contributed by atoms with Crippen LogP contribution in [0.1, 0.15) is 40.3 Å². The molecule has 18 heavy (non-hydrogen) atoms. The zero-order valence-electron chi connectivity index (χ0n) is 12.4. The van der Waals surface area contributed by atoms with Crippen LogP contribution in [0.25, 0.3) is 0 Å². The van der Waals surface area contributed by atoms with E-state index in [0.29, 0.717) is 12.0 Å². The number of rotatable bonds is 7. The summed E-state index contributed by atoms with van der Waals surface area (Å²) in [6, 6.07) is 6.77. The van der Waals surface area contributed by atoms with E-state index in [4.69, 9.17) is 4.98 Å². The van der Waals surface area contributed by atoms with Crippen LogP contribution in [0, 0.1) is 5.92 Å². The fraction of sp³-hybridized carbons (Fsp3) is 0.667. The van der Waals surface area contributed by atoms with Crippen molar-refractivity contribution in [2.75, 3.05) is 18.0 Å². The Hall–Kier alpha value is -1.09. The summed E-state index contributed by atoms with van der Waals surface area (Å²) in [4.78, 5) is 7.04. The molecule has 0 aliphatic carbocycles. The van der Waals surface area contributed by atoms with Crippen molar-refractivity contribution in [2.45, 2.75) is 47.2 Å². The van der Waals surface area contributed by atoms with Crippen molar-refractivity contribution in [3.8, 4) is 0 Å². The predicted octanol–water partition coefficient (Wildman–Crippen LogP) is 3.06. The molecule has 0 unspecified atom stereocenters. The molecule has 1 heterocycles. The van der Waals surface area contributed by atoms with Gasteiger partial charge in [0.1, 0.15) is 5.82 Å². The number of nitrogens with one attached hydrogen (secondary N) is 1. The summed E-state index contributed by atoms with van der Waals surface area (Å²) in [5.41, 5.74) is 1.12. The van der Waals surface area contributed by atoms with Crippen molar-refractivity contribution in [2.24, 2.45) is 5.92 Å². The fourth-order valence-corrected chi connectivity index (χ4v) is 2.01. The molecule has 3 heteroatoms. The first-order valence-corrected chi connectivity index (χ1v) is 6.97. The fourth-order valence-electron chi connectivity index (χ4n) is 2.01. The first-order chi connectivity index (χ1) is 8.54. The maximum absolute atomic E-state index is 4.73. The summed E-state index contributed by atoms with van der Waals surface area (Å²) >= 11 is 0. The van der Waals surface area contributed by atoms with Gasteiger partial charge in [-0.05, 0) is 45.4 Å². The van der Waals surface area contributed by atoms with Crippen LogP contribution >= 0.6 is 0 Å². The molecular weight excluding hydrogens is 222 g/mol. The topological polar surface area (TPSA) is 28.2 Å². The Morgan fingerprint density at radius 1 is 1.22 bits per heavy atom. The van der Waals surface area contributed by atoms with Gasteiger partial charge in [-0.1, -0.05) is 19.9 Å². The van der Waals surface area contributed by atoms with Gasteiger partial charge in [0.2, 0.25) is 0 Å². The number of hydrogen-bond donors (Lipinski definition) is 1. The Balaban J connectivity index is 2.66. The Kier molecular flexibility index (Phi) is 6.13. The number of aromatic nitrogens is 1. The van der Waals surface area contributed by atoms with Gasteiger partial charge in [-0.2, -0.15) is 0 Å². The van der Waals surface area contributed by atoms with Crippen LogP contribution in [0.3, 0.4) is 0 Å². The van der Waals surface area contributed by atoms with Gasteiger partial charge < -0.3 is 10.2 Å². The van der Waals surface area contributed by atoms with Crippen LogP contribution < -0.4 is 10.2 Å². The Bertz CT molecular complexity index is 347. The maximum Gasteiger partial charge on any atom is 0.129 e. The van der Waals surface area contributed by atoms with Gasteiger partial charge in [0.15, 0.2) is 0 Å². The first-order valence-electron chi connectivity index (χ1n) is 6.97. The molecule has 0 saturated carbocycles. The number of nitrogens with zero attached hydrogens (tertiary/aromatic N) is 2. The lowest BCUT2D eigenvalue weighted by Gasteiger charge is -2.26. The molecule has 0 atom stereocenters. The minimum atomic E-state index is 0.487. The molecule has 0 radical (unpaired) electrons. The van der Waals surface area contributed by atoms with Crippen molar-refractivity contribution in [3.05, 3.63) is 23.9 Å². The quantitative estimate of drug-likeness (QED) is 0.805. The van der Waals surface area contributed by atoms with E-state index < -0.39 is 0 Å². The highest BCUT2D eigenvalue weighted by Gasteiger charge is 2.09. The second kappa shape index (κ2) is 7.37. The average molecular weight is 249 g/mol. The minimum Gasteiger partial charge on any atom is -0.354 e. The second-order valence-corrected chi connectivity index (χ2v) is 5.39. The molecule has 1 N–H and O–H groups in total. The van der Waals surface area contributed by atoms with Crippen molar-refractivity contribution >= 4 is 5.82 Å². The molecular formula is C15H27N3. The molecule has 1 aromatic rings. The largest absolute Gasteiger partial charge is 0.354 e. The molecule has 102 valence electrons. The smallest absolute Gasteiger partial charge is 0.129 e. The van der Waals surface area contributed by atoms with E-state index in [0.717, 1.165) is 31.1 Å². The van der Waals surface area contributed by atoms with E-state index in [1.165, 1.54) is 0 Å². The van der Waals surface area contributed by atoms with Gasteiger partial charge in [0.05, 0.1) is 5.69 Å². The summed E-state index contributed by atoms with van der Waals surface area (Å²) in [5, 5.41) is 3.43. The molecule has 1 aromatic heterocycles. The zero-order chi connectivity index (χ0) is 13.5. The Morgan fingerprint density at radius 2 is 1.94 bits per heavy atom. The van der Waals surface area contributed by atoms with E-state index in [2.05, 4.69) is 63.0 Å². The number of hydrogen-bond acceptors (Lipinski definition) is 3.